The quantitative estimate of drug-likeness (QED) is 0.361. The van der Waals surface area contributed by atoms with Gasteiger partial charge in [0.1, 0.15) is 24.6 Å². The summed E-state index contributed by atoms with van der Waals surface area (Å²) >= 11 is 0. The summed E-state index contributed by atoms with van der Waals surface area (Å²) in [6.45, 7) is 5.34. The molecule has 3 unspecified atom stereocenters. The maximum absolute atomic E-state index is 13.2. The van der Waals surface area contributed by atoms with Gasteiger partial charge in [0.05, 0.1) is 24.5 Å². The molecule has 0 saturated carbocycles. The Morgan fingerprint density at radius 1 is 1.33 bits per heavy atom. The van der Waals surface area contributed by atoms with Crippen LogP contribution in [0, 0.1) is 6.92 Å². The van der Waals surface area contributed by atoms with E-state index in [1.54, 1.807) is 17.7 Å². The number of nitrogens with one attached hydrogen (secondary N) is 4. The summed E-state index contributed by atoms with van der Waals surface area (Å²) in [6.07, 6.45) is 4.49. The first kappa shape index (κ1) is 22.8. The monoisotopic (exact) mass is 454 g/mol. The summed E-state index contributed by atoms with van der Waals surface area (Å²) in [5, 5.41) is 28.2. The van der Waals surface area contributed by atoms with Gasteiger partial charge in [0.2, 0.25) is 0 Å². The minimum atomic E-state index is -0.963. The van der Waals surface area contributed by atoms with Crippen molar-refractivity contribution in [2.24, 2.45) is 0 Å². The minimum absolute atomic E-state index is 0.0262. The lowest BCUT2D eigenvalue weighted by molar-refractivity contribution is 0.0532. The van der Waals surface area contributed by atoms with Crippen LogP contribution in [0.2, 0.25) is 0 Å². The van der Waals surface area contributed by atoms with E-state index in [1.807, 2.05) is 50.3 Å². The van der Waals surface area contributed by atoms with E-state index in [-0.39, 0.29) is 37.5 Å². The van der Waals surface area contributed by atoms with Crippen molar-refractivity contribution in [1.82, 2.24) is 25.6 Å². The third kappa shape index (κ3) is 5.03. The number of carbonyl (C=O) groups is 1. The largest absolute Gasteiger partial charge is 0.490 e. The lowest BCUT2D eigenvalue weighted by Gasteiger charge is -2.30. The van der Waals surface area contributed by atoms with Crippen LogP contribution in [0.1, 0.15) is 47.5 Å². The van der Waals surface area contributed by atoms with Gasteiger partial charge in [-0.1, -0.05) is 24.3 Å². The van der Waals surface area contributed by atoms with Crippen molar-refractivity contribution in [3.05, 3.63) is 64.9 Å². The van der Waals surface area contributed by atoms with Crippen LogP contribution in [0.25, 0.3) is 6.08 Å². The van der Waals surface area contributed by atoms with Crippen LogP contribution in [-0.4, -0.2) is 57.4 Å². The van der Waals surface area contributed by atoms with Gasteiger partial charge in [-0.25, -0.2) is 9.66 Å². The molecule has 6 N–H and O–H groups in total. The van der Waals surface area contributed by atoms with Crippen molar-refractivity contribution < 1.29 is 19.7 Å². The maximum atomic E-state index is 13.2. The number of amides is 1. The molecule has 0 saturated heterocycles. The molecule has 3 heterocycles. The highest BCUT2D eigenvalue weighted by Crippen LogP contribution is 2.30. The number of aryl methyl sites for hydroxylation is 1. The smallest absolute Gasteiger partial charge is 0.273 e. The summed E-state index contributed by atoms with van der Waals surface area (Å²) in [4.78, 5) is 17.7. The van der Waals surface area contributed by atoms with E-state index in [0.29, 0.717) is 23.0 Å². The number of ether oxygens (including phenoxy) is 1. The Hall–Kier alpha value is -3.34. The van der Waals surface area contributed by atoms with Crippen molar-refractivity contribution >= 4 is 12.0 Å². The van der Waals surface area contributed by atoms with E-state index in [2.05, 4.69) is 26.4 Å². The Kier molecular flexibility index (Phi) is 6.68. The Labute approximate surface area is 192 Å². The number of imidazole rings is 1. The average molecular weight is 455 g/mol. The molecule has 1 aromatic heterocycles. The number of hydrogen-bond donors (Lipinski definition) is 6. The normalized spacial score (nSPS) is 22.5. The standard InChI is InChI=1S/C23H30N6O4/c1-13-10-20(26-15(3)24-13)27-23(32)22-14(2)25-21-9-8-18(28-29(21)22)17-6-4-5-7-19(17)33-12-16(31)11-30/h4-10,15-16,18,20,24,26,28,30-31H,11-12H2,1-3H3,(H,27,32)/t15?,16-,18?,20?/m1/s1. The van der Waals surface area contributed by atoms with Crippen LogP contribution >= 0.6 is 0 Å². The lowest BCUT2D eigenvalue weighted by Crippen LogP contribution is -2.55. The first-order valence-electron chi connectivity index (χ1n) is 10.9. The summed E-state index contributed by atoms with van der Waals surface area (Å²) in [7, 11) is 0. The highest BCUT2D eigenvalue weighted by atomic mass is 16.5. The minimum Gasteiger partial charge on any atom is -0.490 e. The van der Waals surface area contributed by atoms with Crippen LogP contribution in [-0.2, 0) is 0 Å². The highest BCUT2D eigenvalue weighted by Gasteiger charge is 2.27. The van der Waals surface area contributed by atoms with Gasteiger partial charge in [0, 0.05) is 11.3 Å². The molecule has 2 aromatic rings. The summed E-state index contributed by atoms with van der Waals surface area (Å²) in [5.74, 6) is 0.951. The molecule has 0 radical (unpaired) electrons. The molecule has 10 nitrogen and oxygen atoms in total. The second-order valence-corrected chi connectivity index (χ2v) is 8.22. The number of para-hydroxylation sites is 1. The van der Waals surface area contributed by atoms with Gasteiger partial charge in [0.15, 0.2) is 11.5 Å². The zero-order valence-electron chi connectivity index (χ0n) is 18.9. The van der Waals surface area contributed by atoms with Gasteiger partial charge in [-0.2, -0.15) is 0 Å². The van der Waals surface area contributed by atoms with Crippen molar-refractivity contribution in [1.29, 1.82) is 0 Å². The fourth-order valence-electron chi connectivity index (χ4n) is 4.00. The van der Waals surface area contributed by atoms with E-state index in [9.17, 15) is 9.90 Å². The lowest BCUT2D eigenvalue weighted by atomic mass is 10.0. The predicted molar refractivity (Wildman–Crippen MR) is 124 cm³/mol. The number of aliphatic hydroxyl groups is 2. The Balaban J connectivity index is 1.56. The second-order valence-electron chi connectivity index (χ2n) is 8.22. The molecule has 1 amide bonds. The van der Waals surface area contributed by atoms with Gasteiger partial charge in [-0.05, 0) is 39.0 Å². The van der Waals surface area contributed by atoms with Crippen LogP contribution in [0.3, 0.4) is 0 Å². The number of carbonyl (C=O) groups excluding carboxylic acids is 1. The molecule has 0 fully saturated rings. The molecule has 4 rings (SSSR count). The Morgan fingerprint density at radius 2 is 2.12 bits per heavy atom. The van der Waals surface area contributed by atoms with Gasteiger partial charge in [0.25, 0.3) is 5.91 Å². The van der Waals surface area contributed by atoms with E-state index >= 15 is 0 Å². The van der Waals surface area contributed by atoms with Gasteiger partial charge in [-0.3, -0.25) is 10.1 Å². The maximum Gasteiger partial charge on any atom is 0.273 e. The van der Waals surface area contributed by atoms with Crippen LogP contribution in [0.15, 0.2) is 42.1 Å². The Bertz CT molecular complexity index is 1080. The summed E-state index contributed by atoms with van der Waals surface area (Å²) in [5.41, 5.74) is 6.20. The number of fused-ring (bicyclic) bond motifs is 1. The Morgan fingerprint density at radius 3 is 2.88 bits per heavy atom. The molecule has 2 aliphatic rings. The molecule has 2 aliphatic heterocycles. The van der Waals surface area contributed by atoms with Gasteiger partial charge < -0.3 is 31.0 Å². The number of aromatic nitrogens is 2. The van der Waals surface area contributed by atoms with E-state index in [0.717, 1.165) is 11.3 Å². The van der Waals surface area contributed by atoms with Gasteiger partial charge >= 0.3 is 0 Å². The van der Waals surface area contributed by atoms with E-state index < -0.39 is 6.10 Å². The predicted octanol–water partition coefficient (Wildman–Crippen LogP) is 0.734. The molecule has 0 aliphatic carbocycles. The van der Waals surface area contributed by atoms with E-state index in [1.165, 1.54) is 0 Å². The zero-order chi connectivity index (χ0) is 23.5. The SMILES string of the molecule is CC1=CC(NC(=O)c2c(C)nc3n2NC(c2ccccc2OC[C@H](O)CO)C=C3)NC(C)N1. The van der Waals surface area contributed by atoms with Crippen molar-refractivity contribution in [3.8, 4) is 5.75 Å². The van der Waals surface area contributed by atoms with E-state index in [4.69, 9.17) is 9.84 Å². The second kappa shape index (κ2) is 9.65. The van der Waals surface area contributed by atoms with Crippen molar-refractivity contribution in [2.45, 2.75) is 45.2 Å². The first-order valence-corrected chi connectivity index (χ1v) is 10.9. The molecule has 10 heteroatoms. The topological polar surface area (TPSA) is 133 Å². The molecule has 1 aromatic carbocycles. The highest BCUT2D eigenvalue weighted by molar-refractivity contribution is 5.94. The molecule has 33 heavy (non-hydrogen) atoms. The number of rotatable bonds is 7. The molecule has 0 spiro atoms. The van der Waals surface area contributed by atoms with Crippen LogP contribution in [0.4, 0.5) is 0 Å². The van der Waals surface area contributed by atoms with Crippen molar-refractivity contribution in [2.75, 3.05) is 18.6 Å². The third-order valence-electron chi connectivity index (χ3n) is 5.47. The fourth-order valence-corrected chi connectivity index (χ4v) is 4.00. The number of benzene rings is 1. The molecular weight excluding hydrogens is 424 g/mol. The number of allylic oxidation sites excluding steroid dienone is 1. The summed E-state index contributed by atoms with van der Waals surface area (Å²) < 4.78 is 7.42. The molecule has 176 valence electrons. The van der Waals surface area contributed by atoms with Crippen LogP contribution in [0.5, 0.6) is 5.75 Å². The van der Waals surface area contributed by atoms with Crippen molar-refractivity contribution in [3.63, 3.8) is 0 Å². The number of nitrogens with zero attached hydrogens (tertiary/aromatic N) is 2. The summed E-state index contributed by atoms with van der Waals surface area (Å²) in [6, 6.07) is 7.15. The molecule has 4 atom stereocenters. The van der Waals surface area contributed by atoms with Crippen LogP contribution < -0.4 is 26.1 Å². The van der Waals surface area contributed by atoms with Gasteiger partial charge in [-0.15, -0.1) is 0 Å². The first-order chi connectivity index (χ1) is 15.9. The molecule has 0 bridgehead atoms. The number of hydrogen-bond acceptors (Lipinski definition) is 8. The fraction of sp³-hybridized carbons (Fsp3) is 0.391. The molecular formula is C23H30N6O4. The third-order valence-corrected chi connectivity index (χ3v) is 5.47. The average Bonchev–Trinajstić information content (AvgIpc) is 3.11. The number of aliphatic hydroxyl groups excluding tert-OH is 2. The zero-order valence-corrected chi connectivity index (χ0v) is 18.9.